The fraction of sp³-hybridized carbons (Fsp3) is 0.308. The van der Waals surface area contributed by atoms with Gasteiger partial charge in [-0.15, -0.1) is 10.2 Å². The standard InChI is InChI=1S/C13H12N4O2S/c18-9-5-3-8(4-6-9)12-16-17-11(10-2-1-7-19-10)14-15-13(17)20-12/h3-6,10,18H,1-2,7H2. The summed E-state index contributed by atoms with van der Waals surface area (Å²) in [5.74, 6) is 1.02. The van der Waals surface area contributed by atoms with Crippen molar-refractivity contribution in [3.05, 3.63) is 30.1 Å². The molecule has 3 aromatic rings. The summed E-state index contributed by atoms with van der Waals surface area (Å²) in [7, 11) is 0. The Hall–Kier alpha value is -1.99. The summed E-state index contributed by atoms with van der Waals surface area (Å²) in [5, 5.41) is 23.1. The molecular weight excluding hydrogens is 276 g/mol. The van der Waals surface area contributed by atoms with Crippen LogP contribution in [0, 0.1) is 0 Å². The molecule has 1 fully saturated rings. The highest BCUT2D eigenvalue weighted by molar-refractivity contribution is 7.19. The molecule has 0 radical (unpaired) electrons. The van der Waals surface area contributed by atoms with E-state index in [0.29, 0.717) is 0 Å². The Morgan fingerprint density at radius 1 is 1.25 bits per heavy atom. The van der Waals surface area contributed by atoms with Crippen molar-refractivity contribution in [3.8, 4) is 16.3 Å². The number of ether oxygens (including phenoxy) is 1. The van der Waals surface area contributed by atoms with Gasteiger partial charge in [0.05, 0.1) is 0 Å². The maximum atomic E-state index is 9.33. The van der Waals surface area contributed by atoms with Crippen molar-refractivity contribution in [1.82, 2.24) is 19.8 Å². The van der Waals surface area contributed by atoms with Crippen molar-refractivity contribution in [2.75, 3.05) is 6.61 Å². The molecule has 4 rings (SSSR count). The summed E-state index contributed by atoms with van der Waals surface area (Å²) in [4.78, 5) is 0.763. The second-order valence-corrected chi connectivity index (χ2v) is 5.66. The molecule has 1 N–H and O–H groups in total. The molecule has 102 valence electrons. The summed E-state index contributed by atoms with van der Waals surface area (Å²) in [6.07, 6.45) is 2.02. The minimum atomic E-state index is -0.000215. The fourth-order valence-electron chi connectivity index (χ4n) is 2.33. The van der Waals surface area contributed by atoms with Gasteiger partial charge in [0.25, 0.3) is 0 Å². The van der Waals surface area contributed by atoms with E-state index in [4.69, 9.17) is 4.74 Å². The first kappa shape index (κ1) is 11.8. The van der Waals surface area contributed by atoms with Crippen LogP contribution in [-0.4, -0.2) is 31.5 Å². The van der Waals surface area contributed by atoms with E-state index in [1.807, 2.05) is 12.1 Å². The number of fused-ring (bicyclic) bond motifs is 1. The van der Waals surface area contributed by atoms with Crippen LogP contribution >= 0.6 is 11.3 Å². The third kappa shape index (κ3) is 1.86. The largest absolute Gasteiger partial charge is 0.508 e. The van der Waals surface area contributed by atoms with Gasteiger partial charge in [0.2, 0.25) is 4.96 Å². The van der Waals surface area contributed by atoms with Gasteiger partial charge in [-0.05, 0) is 37.1 Å². The summed E-state index contributed by atoms with van der Waals surface area (Å²) in [6.45, 7) is 0.772. The minimum absolute atomic E-state index is 0.000215. The van der Waals surface area contributed by atoms with Crippen LogP contribution in [0.2, 0.25) is 0 Å². The Kier molecular flexibility index (Phi) is 2.68. The molecule has 1 aliphatic heterocycles. The monoisotopic (exact) mass is 288 g/mol. The average Bonchev–Trinajstić information content (AvgIpc) is 3.15. The van der Waals surface area contributed by atoms with E-state index in [0.717, 1.165) is 40.8 Å². The van der Waals surface area contributed by atoms with Crippen LogP contribution in [0.3, 0.4) is 0 Å². The second kappa shape index (κ2) is 4.53. The lowest BCUT2D eigenvalue weighted by molar-refractivity contribution is 0.103. The van der Waals surface area contributed by atoms with Crippen LogP contribution in [0.25, 0.3) is 15.5 Å². The van der Waals surface area contributed by atoms with E-state index < -0.39 is 0 Å². The third-order valence-corrected chi connectivity index (χ3v) is 4.29. The molecule has 0 amide bonds. The van der Waals surface area contributed by atoms with Gasteiger partial charge >= 0.3 is 0 Å². The van der Waals surface area contributed by atoms with Crippen molar-refractivity contribution < 1.29 is 9.84 Å². The zero-order chi connectivity index (χ0) is 13.5. The van der Waals surface area contributed by atoms with Crippen LogP contribution in [0.15, 0.2) is 24.3 Å². The number of benzene rings is 1. The van der Waals surface area contributed by atoms with Crippen LogP contribution in [0.5, 0.6) is 5.75 Å². The highest BCUT2D eigenvalue weighted by Gasteiger charge is 2.25. The lowest BCUT2D eigenvalue weighted by atomic mass is 10.2. The summed E-state index contributed by atoms with van der Waals surface area (Å²) in [5.41, 5.74) is 0.955. The van der Waals surface area contributed by atoms with Crippen LogP contribution in [0.4, 0.5) is 0 Å². The highest BCUT2D eigenvalue weighted by atomic mass is 32.1. The average molecular weight is 288 g/mol. The van der Waals surface area contributed by atoms with Gasteiger partial charge in [-0.25, -0.2) is 0 Å². The smallest absolute Gasteiger partial charge is 0.235 e. The molecule has 1 saturated heterocycles. The Morgan fingerprint density at radius 3 is 2.85 bits per heavy atom. The van der Waals surface area contributed by atoms with Gasteiger partial charge in [-0.1, -0.05) is 11.3 Å². The van der Waals surface area contributed by atoms with Crippen LogP contribution < -0.4 is 0 Å². The normalized spacial score (nSPS) is 18.9. The zero-order valence-corrected chi connectivity index (χ0v) is 11.4. The molecule has 1 aromatic carbocycles. The molecule has 3 heterocycles. The second-order valence-electron chi connectivity index (χ2n) is 4.71. The molecule has 1 aliphatic rings. The number of rotatable bonds is 2. The van der Waals surface area contributed by atoms with Crippen molar-refractivity contribution in [2.24, 2.45) is 0 Å². The highest BCUT2D eigenvalue weighted by Crippen LogP contribution is 2.31. The Morgan fingerprint density at radius 2 is 2.10 bits per heavy atom. The molecule has 0 aliphatic carbocycles. The molecule has 0 spiro atoms. The third-order valence-electron chi connectivity index (χ3n) is 3.35. The van der Waals surface area contributed by atoms with E-state index in [2.05, 4.69) is 15.3 Å². The fourth-order valence-corrected chi connectivity index (χ4v) is 3.19. The number of hydrogen-bond acceptors (Lipinski definition) is 6. The van der Waals surface area contributed by atoms with E-state index in [9.17, 15) is 5.11 Å². The number of hydrogen-bond donors (Lipinski definition) is 1. The van der Waals surface area contributed by atoms with E-state index >= 15 is 0 Å². The summed E-state index contributed by atoms with van der Waals surface area (Å²) >= 11 is 1.48. The number of phenols is 1. The number of nitrogens with zero attached hydrogens (tertiary/aromatic N) is 4. The quantitative estimate of drug-likeness (QED) is 0.784. The van der Waals surface area contributed by atoms with E-state index in [1.54, 1.807) is 16.6 Å². The van der Waals surface area contributed by atoms with E-state index in [1.165, 1.54) is 11.3 Å². The SMILES string of the molecule is Oc1ccc(-c2nn3c(C4CCCO4)nnc3s2)cc1. The van der Waals surface area contributed by atoms with Gasteiger partial charge in [-0.3, -0.25) is 0 Å². The van der Waals surface area contributed by atoms with Crippen LogP contribution in [-0.2, 0) is 4.74 Å². The molecule has 1 unspecified atom stereocenters. The van der Waals surface area contributed by atoms with Gasteiger partial charge in [0.1, 0.15) is 16.9 Å². The number of aromatic nitrogens is 4. The maximum absolute atomic E-state index is 9.33. The minimum Gasteiger partial charge on any atom is -0.508 e. The molecule has 20 heavy (non-hydrogen) atoms. The number of aromatic hydroxyl groups is 1. The van der Waals surface area contributed by atoms with Gasteiger partial charge < -0.3 is 9.84 Å². The number of phenolic OH excluding ortho intramolecular Hbond substituents is 1. The van der Waals surface area contributed by atoms with Crippen LogP contribution in [0.1, 0.15) is 24.8 Å². The predicted octanol–water partition coefficient (Wildman–Crippen LogP) is 2.41. The first-order valence-corrected chi connectivity index (χ1v) is 7.26. The molecule has 0 saturated carbocycles. The zero-order valence-electron chi connectivity index (χ0n) is 10.6. The Labute approximate surface area is 118 Å². The van der Waals surface area contributed by atoms with Crippen molar-refractivity contribution in [3.63, 3.8) is 0 Å². The van der Waals surface area contributed by atoms with E-state index in [-0.39, 0.29) is 11.9 Å². The molecular formula is C13H12N4O2S. The Balaban J connectivity index is 1.77. The van der Waals surface area contributed by atoms with Crippen molar-refractivity contribution >= 4 is 16.3 Å². The molecule has 2 aromatic heterocycles. The molecule has 0 bridgehead atoms. The lowest BCUT2D eigenvalue weighted by Crippen LogP contribution is -2.03. The topological polar surface area (TPSA) is 72.5 Å². The molecule has 6 nitrogen and oxygen atoms in total. The lowest BCUT2D eigenvalue weighted by Gasteiger charge is -2.04. The first-order chi connectivity index (χ1) is 9.81. The molecule has 7 heteroatoms. The van der Waals surface area contributed by atoms with Crippen molar-refractivity contribution in [2.45, 2.75) is 18.9 Å². The maximum Gasteiger partial charge on any atom is 0.235 e. The van der Waals surface area contributed by atoms with Gasteiger partial charge in [0, 0.05) is 12.2 Å². The van der Waals surface area contributed by atoms with Gasteiger partial charge in [-0.2, -0.15) is 9.61 Å². The summed E-state index contributed by atoms with van der Waals surface area (Å²) < 4.78 is 7.41. The predicted molar refractivity (Wildman–Crippen MR) is 73.7 cm³/mol. The first-order valence-electron chi connectivity index (χ1n) is 6.44. The molecule has 1 atom stereocenters. The van der Waals surface area contributed by atoms with Gasteiger partial charge in [0.15, 0.2) is 5.82 Å². The van der Waals surface area contributed by atoms with Crippen molar-refractivity contribution in [1.29, 1.82) is 0 Å². The Bertz CT molecular complexity index is 743. The summed E-state index contributed by atoms with van der Waals surface area (Å²) in [6, 6.07) is 6.98.